The molecule has 5 nitrogen and oxygen atoms in total. The van der Waals surface area contributed by atoms with Crippen LogP contribution in [-0.2, 0) is 4.79 Å². The summed E-state index contributed by atoms with van der Waals surface area (Å²) in [6.07, 6.45) is 0.995. The molecule has 1 unspecified atom stereocenters. The molecule has 1 amide bonds. The van der Waals surface area contributed by atoms with E-state index in [9.17, 15) is 9.90 Å². The molecule has 1 aliphatic rings. The Labute approximate surface area is 96.7 Å². The van der Waals surface area contributed by atoms with E-state index in [1.807, 2.05) is 11.8 Å². The zero-order valence-corrected chi connectivity index (χ0v) is 9.93. The van der Waals surface area contributed by atoms with E-state index in [-0.39, 0.29) is 12.5 Å². The summed E-state index contributed by atoms with van der Waals surface area (Å²) in [6.45, 7) is 5.16. The van der Waals surface area contributed by atoms with Crippen molar-refractivity contribution < 1.29 is 15.0 Å². The maximum atomic E-state index is 11.4. The number of aliphatic hydroxyl groups excluding tert-OH is 2. The lowest BCUT2D eigenvalue weighted by molar-refractivity contribution is -0.129. The number of likely N-dealkylation sites (N-methyl/N-ethyl adjacent to an activating group) is 1. The smallest absolute Gasteiger partial charge is 0.222 e. The summed E-state index contributed by atoms with van der Waals surface area (Å²) in [6, 6.07) is 0. The van der Waals surface area contributed by atoms with Gasteiger partial charge in [-0.15, -0.1) is 0 Å². The number of likely N-dealkylation sites (tertiary alicyclic amines) is 1. The molecule has 0 bridgehead atoms. The summed E-state index contributed by atoms with van der Waals surface area (Å²) in [5.41, 5.74) is 0. The number of hydrogen-bond acceptors (Lipinski definition) is 4. The van der Waals surface area contributed by atoms with Crippen LogP contribution in [0.1, 0.15) is 19.8 Å². The molecule has 0 aromatic carbocycles. The average molecular weight is 230 g/mol. The Balaban J connectivity index is 2.28. The molecule has 1 saturated heterocycles. The number of carbonyl (C=O) groups excluding carboxylic acids is 1. The third-order valence-corrected chi connectivity index (χ3v) is 2.93. The number of aliphatic hydroxyl groups is 2. The van der Waals surface area contributed by atoms with E-state index in [0.717, 1.165) is 19.5 Å². The molecule has 2 N–H and O–H groups in total. The summed E-state index contributed by atoms with van der Waals surface area (Å²) in [4.78, 5) is 15.0. The van der Waals surface area contributed by atoms with Gasteiger partial charge in [-0.05, 0) is 13.0 Å². The number of nitrogens with zero attached hydrogens (tertiary/aromatic N) is 2. The third kappa shape index (κ3) is 4.08. The second kappa shape index (κ2) is 6.83. The average Bonchev–Trinajstić information content (AvgIpc) is 2.64. The van der Waals surface area contributed by atoms with Gasteiger partial charge in [0.1, 0.15) is 0 Å². The molecule has 0 aromatic heterocycles. The fourth-order valence-electron chi connectivity index (χ4n) is 2.03. The summed E-state index contributed by atoms with van der Waals surface area (Å²) in [7, 11) is 0. The van der Waals surface area contributed by atoms with E-state index in [0.29, 0.717) is 26.1 Å². The predicted molar refractivity (Wildman–Crippen MR) is 61.0 cm³/mol. The molecule has 94 valence electrons. The van der Waals surface area contributed by atoms with E-state index in [1.54, 1.807) is 4.90 Å². The number of amides is 1. The minimum Gasteiger partial charge on any atom is -0.395 e. The molecule has 1 atom stereocenters. The van der Waals surface area contributed by atoms with Crippen LogP contribution in [0.4, 0.5) is 0 Å². The van der Waals surface area contributed by atoms with Gasteiger partial charge in [0.2, 0.25) is 5.91 Å². The summed E-state index contributed by atoms with van der Waals surface area (Å²) in [5.74, 6) is 0.143. The molecule has 0 aliphatic carbocycles. The Kier molecular flexibility index (Phi) is 5.73. The van der Waals surface area contributed by atoms with Crippen LogP contribution in [0.25, 0.3) is 0 Å². The van der Waals surface area contributed by atoms with Crippen LogP contribution in [0.15, 0.2) is 0 Å². The Morgan fingerprint density at radius 3 is 2.81 bits per heavy atom. The lowest BCUT2D eigenvalue weighted by Gasteiger charge is -2.25. The highest BCUT2D eigenvalue weighted by atomic mass is 16.3. The lowest BCUT2D eigenvalue weighted by atomic mass is 10.3. The molecule has 0 aromatic rings. The Morgan fingerprint density at radius 1 is 1.56 bits per heavy atom. The normalized spacial score (nSPS) is 18.5. The van der Waals surface area contributed by atoms with Gasteiger partial charge in [0, 0.05) is 32.6 Å². The Bertz CT molecular complexity index is 223. The minimum absolute atomic E-state index is 0.100. The highest BCUT2D eigenvalue weighted by Gasteiger charge is 2.23. The molecular formula is C11H22N2O3. The van der Waals surface area contributed by atoms with Crippen LogP contribution in [0.5, 0.6) is 0 Å². The summed E-state index contributed by atoms with van der Waals surface area (Å²) < 4.78 is 0. The first-order chi connectivity index (χ1) is 7.67. The second-order valence-corrected chi connectivity index (χ2v) is 4.21. The lowest BCUT2D eigenvalue weighted by Crippen LogP contribution is -2.41. The zero-order valence-electron chi connectivity index (χ0n) is 9.93. The van der Waals surface area contributed by atoms with E-state index < -0.39 is 6.10 Å². The summed E-state index contributed by atoms with van der Waals surface area (Å²) in [5, 5.41) is 18.7. The van der Waals surface area contributed by atoms with Gasteiger partial charge in [-0.3, -0.25) is 9.69 Å². The molecule has 1 rings (SSSR count). The summed E-state index contributed by atoms with van der Waals surface area (Å²) >= 11 is 0. The Morgan fingerprint density at radius 2 is 2.31 bits per heavy atom. The van der Waals surface area contributed by atoms with Crippen LogP contribution < -0.4 is 0 Å². The highest BCUT2D eigenvalue weighted by molar-refractivity contribution is 5.78. The van der Waals surface area contributed by atoms with Gasteiger partial charge in [0.15, 0.2) is 0 Å². The van der Waals surface area contributed by atoms with Crippen LogP contribution >= 0.6 is 0 Å². The van der Waals surface area contributed by atoms with Crippen molar-refractivity contribution in [1.82, 2.24) is 9.80 Å². The highest BCUT2D eigenvalue weighted by Crippen LogP contribution is 2.10. The van der Waals surface area contributed by atoms with Crippen LogP contribution in [-0.4, -0.2) is 71.4 Å². The van der Waals surface area contributed by atoms with Crippen molar-refractivity contribution in [1.29, 1.82) is 0 Å². The quantitative estimate of drug-likeness (QED) is 0.606. The fourth-order valence-corrected chi connectivity index (χ4v) is 2.03. The molecule has 5 heteroatoms. The van der Waals surface area contributed by atoms with E-state index >= 15 is 0 Å². The zero-order chi connectivity index (χ0) is 12.0. The topological polar surface area (TPSA) is 64.0 Å². The van der Waals surface area contributed by atoms with Crippen LogP contribution in [0.2, 0.25) is 0 Å². The van der Waals surface area contributed by atoms with Gasteiger partial charge in [-0.2, -0.15) is 0 Å². The number of carbonyl (C=O) groups is 1. The minimum atomic E-state index is -0.520. The van der Waals surface area contributed by atoms with Crippen molar-refractivity contribution in [3.8, 4) is 0 Å². The molecule has 0 spiro atoms. The van der Waals surface area contributed by atoms with Crippen molar-refractivity contribution >= 4 is 5.91 Å². The number of rotatable bonds is 7. The monoisotopic (exact) mass is 230 g/mol. The molecule has 0 saturated carbocycles. The first-order valence-corrected chi connectivity index (χ1v) is 5.96. The molecule has 16 heavy (non-hydrogen) atoms. The van der Waals surface area contributed by atoms with Gasteiger partial charge in [0.25, 0.3) is 0 Å². The third-order valence-electron chi connectivity index (χ3n) is 2.93. The SMILES string of the molecule is CCN(CCO)CC(O)CN1CCCC1=O. The van der Waals surface area contributed by atoms with Crippen LogP contribution in [0.3, 0.4) is 0 Å². The van der Waals surface area contributed by atoms with E-state index in [1.165, 1.54) is 0 Å². The van der Waals surface area contributed by atoms with Crippen molar-refractivity contribution in [3.63, 3.8) is 0 Å². The van der Waals surface area contributed by atoms with Crippen LogP contribution in [0, 0.1) is 0 Å². The Hall–Kier alpha value is -0.650. The molecule has 0 radical (unpaired) electrons. The van der Waals surface area contributed by atoms with Gasteiger partial charge >= 0.3 is 0 Å². The molecule has 1 heterocycles. The first-order valence-electron chi connectivity index (χ1n) is 5.96. The van der Waals surface area contributed by atoms with Crippen molar-refractivity contribution in [2.24, 2.45) is 0 Å². The van der Waals surface area contributed by atoms with Crippen molar-refractivity contribution in [3.05, 3.63) is 0 Å². The maximum Gasteiger partial charge on any atom is 0.222 e. The second-order valence-electron chi connectivity index (χ2n) is 4.21. The van der Waals surface area contributed by atoms with E-state index in [2.05, 4.69) is 0 Å². The molecule has 1 aliphatic heterocycles. The van der Waals surface area contributed by atoms with Crippen molar-refractivity contribution in [2.45, 2.75) is 25.9 Å². The predicted octanol–water partition coefficient (Wildman–Crippen LogP) is -0.716. The molecule has 1 fully saturated rings. The number of hydrogen-bond donors (Lipinski definition) is 2. The van der Waals surface area contributed by atoms with Gasteiger partial charge in [0.05, 0.1) is 12.7 Å². The number of β-amino-alcohol motifs (C(OH)–C–C–N with tert-alkyl or cyclic N) is 1. The van der Waals surface area contributed by atoms with Gasteiger partial charge in [-0.1, -0.05) is 6.92 Å². The maximum absolute atomic E-state index is 11.4. The van der Waals surface area contributed by atoms with E-state index in [4.69, 9.17) is 5.11 Å². The fraction of sp³-hybridized carbons (Fsp3) is 0.909. The molecular weight excluding hydrogens is 208 g/mol. The van der Waals surface area contributed by atoms with Gasteiger partial charge < -0.3 is 15.1 Å². The standard InChI is InChI=1S/C11H22N2O3/c1-2-12(6-7-14)8-10(15)9-13-5-3-4-11(13)16/h10,14-15H,2-9H2,1H3. The van der Waals surface area contributed by atoms with Crippen molar-refractivity contribution in [2.75, 3.05) is 39.3 Å². The first kappa shape index (κ1) is 13.4. The van der Waals surface area contributed by atoms with Gasteiger partial charge in [-0.25, -0.2) is 0 Å². The largest absolute Gasteiger partial charge is 0.395 e.